The third-order valence-electron chi connectivity index (χ3n) is 6.62. The topological polar surface area (TPSA) is 86.8 Å². The Morgan fingerprint density at radius 2 is 1.54 bits per heavy atom. The van der Waals surface area contributed by atoms with Gasteiger partial charge in [0.1, 0.15) is 6.04 Å². The summed E-state index contributed by atoms with van der Waals surface area (Å²) in [4.78, 5) is 29.0. The quantitative estimate of drug-likeness (QED) is 0.319. The largest absolute Gasteiger partial charge is 0.354 e. The Bertz CT molecular complexity index is 1340. The van der Waals surface area contributed by atoms with Crippen LogP contribution >= 0.6 is 0 Å². The number of rotatable bonds is 13. The van der Waals surface area contributed by atoms with E-state index in [-0.39, 0.29) is 17.3 Å². The Hall–Kier alpha value is -3.49. The number of nitrogens with one attached hydrogen (secondary N) is 1. The minimum Gasteiger partial charge on any atom is -0.354 e. The number of carbonyl (C=O) groups is 2. The van der Waals surface area contributed by atoms with Gasteiger partial charge in [-0.25, -0.2) is 8.42 Å². The van der Waals surface area contributed by atoms with Crippen LogP contribution in [-0.2, 0) is 32.6 Å². The maximum Gasteiger partial charge on any atom is 0.243 e. The first kappa shape index (κ1) is 30.1. The molecule has 2 amide bonds. The number of likely N-dealkylation sites (N-methyl/N-ethyl adjacent to an activating group) is 1. The molecule has 39 heavy (non-hydrogen) atoms. The highest BCUT2D eigenvalue weighted by Crippen LogP contribution is 2.19. The number of aryl methyl sites for hydroxylation is 2. The van der Waals surface area contributed by atoms with Gasteiger partial charge in [0.15, 0.2) is 0 Å². The predicted octanol–water partition coefficient (Wildman–Crippen LogP) is 4.48. The molecule has 0 aliphatic rings. The maximum atomic E-state index is 13.9. The van der Waals surface area contributed by atoms with Crippen LogP contribution in [-0.4, -0.2) is 55.6 Å². The second-order valence-electron chi connectivity index (χ2n) is 9.93. The van der Waals surface area contributed by atoms with Crippen molar-refractivity contribution in [3.63, 3.8) is 0 Å². The third kappa shape index (κ3) is 8.50. The molecule has 3 aromatic carbocycles. The van der Waals surface area contributed by atoms with E-state index >= 15 is 0 Å². The van der Waals surface area contributed by atoms with Gasteiger partial charge in [0.25, 0.3) is 0 Å². The van der Waals surface area contributed by atoms with Gasteiger partial charge in [-0.3, -0.25) is 9.59 Å². The first-order valence-corrected chi connectivity index (χ1v) is 14.8. The highest BCUT2D eigenvalue weighted by molar-refractivity contribution is 7.89. The number of carbonyl (C=O) groups excluding carboxylic acids is 2. The van der Waals surface area contributed by atoms with E-state index in [4.69, 9.17) is 0 Å². The predicted molar refractivity (Wildman–Crippen MR) is 155 cm³/mol. The van der Waals surface area contributed by atoms with E-state index in [0.29, 0.717) is 13.0 Å². The summed E-state index contributed by atoms with van der Waals surface area (Å²) in [6.07, 6.45) is 2.06. The number of unbranched alkanes of at least 4 members (excludes halogenated alkanes) is 1. The van der Waals surface area contributed by atoms with E-state index in [1.54, 1.807) is 12.1 Å². The van der Waals surface area contributed by atoms with Crippen molar-refractivity contribution in [2.45, 2.75) is 57.5 Å². The molecule has 208 valence electrons. The van der Waals surface area contributed by atoms with Crippen LogP contribution in [0.1, 0.15) is 42.0 Å². The second-order valence-corrected chi connectivity index (χ2v) is 12.0. The molecule has 1 unspecified atom stereocenters. The summed E-state index contributed by atoms with van der Waals surface area (Å²) in [5.41, 5.74) is 3.75. The van der Waals surface area contributed by atoms with Crippen molar-refractivity contribution in [1.82, 2.24) is 14.5 Å². The summed E-state index contributed by atoms with van der Waals surface area (Å²) in [6, 6.07) is 23.0. The van der Waals surface area contributed by atoms with Crippen LogP contribution in [0.25, 0.3) is 0 Å². The molecule has 1 N–H and O–H groups in total. The summed E-state index contributed by atoms with van der Waals surface area (Å²) in [6.45, 7) is 6.19. The summed E-state index contributed by atoms with van der Waals surface area (Å²) < 4.78 is 27.6. The van der Waals surface area contributed by atoms with Gasteiger partial charge in [-0.15, -0.1) is 0 Å². The maximum absolute atomic E-state index is 13.9. The smallest absolute Gasteiger partial charge is 0.243 e. The minimum absolute atomic E-state index is 0.117. The number of amides is 2. The number of benzene rings is 3. The molecule has 1 atom stereocenters. The van der Waals surface area contributed by atoms with Crippen molar-refractivity contribution in [2.75, 3.05) is 20.1 Å². The summed E-state index contributed by atoms with van der Waals surface area (Å²) in [5.74, 6) is -0.696. The molecule has 3 aromatic rings. The zero-order chi connectivity index (χ0) is 28.4. The highest BCUT2D eigenvalue weighted by atomic mass is 32.2. The van der Waals surface area contributed by atoms with Crippen molar-refractivity contribution < 1.29 is 18.0 Å². The number of sulfonamides is 1. The SMILES string of the molecule is CCCCNC(=O)C(Cc1ccccc1)N(Cc1cccc(C)c1)C(=O)CN(C)S(=O)(=O)c1ccc(C)cc1. The Balaban J connectivity index is 1.95. The highest BCUT2D eigenvalue weighted by Gasteiger charge is 2.33. The number of hydrogen-bond donors (Lipinski definition) is 1. The van der Waals surface area contributed by atoms with Crippen LogP contribution < -0.4 is 5.32 Å². The van der Waals surface area contributed by atoms with Gasteiger partial charge < -0.3 is 10.2 Å². The molecule has 3 rings (SSSR count). The molecule has 0 aromatic heterocycles. The molecular formula is C31H39N3O4S. The molecule has 0 heterocycles. The Labute approximate surface area is 232 Å². The van der Waals surface area contributed by atoms with E-state index in [9.17, 15) is 18.0 Å². The Morgan fingerprint density at radius 1 is 0.872 bits per heavy atom. The van der Waals surface area contributed by atoms with Crippen LogP contribution in [0, 0.1) is 13.8 Å². The average Bonchev–Trinajstić information content (AvgIpc) is 2.91. The molecule has 0 aliphatic heterocycles. The van der Waals surface area contributed by atoms with Crippen molar-refractivity contribution in [3.8, 4) is 0 Å². The lowest BCUT2D eigenvalue weighted by Gasteiger charge is -2.32. The normalized spacial score (nSPS) is 12.2. The molecule has 0 saturated carbocycles. The number of hydrogen-bond acceptors (Lipinski definition) is 4. The van der Waals surface area contributed by atoms with Gasteiger partial charge in [-0.1, -0.05) is 91.2 Å². The monoisotopic (exact) mass is 549 g/mol. The number of nitrogens with zero attached hydrogens (tertiary/aromatic N) is 2. The fraction of sp³-hybridized carbons (Fsp3) is 0.355. The Morgan fingerprint density at radius 3 is 2.18 bits per heavy atom. The molecule has 0 radical (unpaired) electrons. The van der Waals surface area contributed by atoms with Crippen LogP contribution in [0.5, 0.6) is 0 Å². The first-order valence-electron chi connectivity index (χ1n) is 13.3. The van der Waals surface area contributed by atoms with E-state index in [1.807, 2.05) is 75.4 Å². The second kappa shape index (κ2) is 14.1. The van der Waals surface area contributed by atoms with Crippen molar-refractivity contribution >= 4 is 21.8 Å². The molecule has 0 bridgehead atoms. The van der Waals surface area contributed by atoms with E-state index < -0.39 is 28.5 Å². The van der Waals surface area contributed by atoms with Gasteiger partial charge in [0.05, 0.1) is 11.4 Å². The summed E-state index contributed by atoms with van der Waals surface area (Å²) in [7, 11) is -2.51. The molecule has 0 aliphatic carbocycles. The lowest BCUT2D eigenvalue weighted by molar-refractivity contribution is -0.141. The van der Waals surface area contributed by atoms with Crippen molar-refractivity contribution in [1.29, 1.82) is 0 Å². The van der Waals surface area contributed by atoms with Gasteiger partial charge >= 0.3 is 0 Å². The summed E-state index contributed by atoms with van der Waals surface area (Å²) in [5, 5.41) is 2.99. The molecule has 7 nitrogen and oxygen atoms in total. The van der Waals surface area contributed by atoms with Crippen LogP contribution in [0.4, 0.5) is 0 Å². The van der Waals surface area contributed by atoms with Crippen molar-refractivity contribution in [3.05, 3.63) is 101 Å². The molecule has 0 fully saturated rings. The standard InChI is InChI=1S/C31H39N3O4S/c1-5-6-19-32-31(36)29(21-26-12-8-7-9-13-26)34(22-27-14-10-11-25(3)20-27)30(35)23-33(4)39(37,38)28-17-15-24(2)16-18-28/h7-18,20,29H,5-6,19,21-23H2,1-4H3,(H,32,36). The molecule has 0 saturated heterocycles. The van der Waals surface area contributed by atoms with Crippen LogP contribution in [0.2, 0.25) is 0 Å². The fourth-order valence-electron chi connectivity index (χ4n) is 4.32. The molecular weight excluding hydrogens is 510 g/mol. The fourth-order valence-corrected chi connectivity index (χ4v) is 5.44. The lowest BCUT2D eigenvalue weighted by atomic mass is 10.0. The Kier molecular flexibility index (Phi) is 10.8. The van der Waals surface area contributed by atoms with Gasteiger partial charge in [0, 0.05) is 26.6 Å². The first-order chi connectivity index (χ1) is 18.6. The van der Waals surface area contributed by atoms with Gasteiger partial charge in [-0.05, 0) is 43.5 Å². The zero-order valence-electron chi connectivity index (χ0n) is 23.3. The van der Waals surface area contributed by atoms with Crippen LogP contribution in [0.3, 0.4) is 0 Å². The van der Waals surface area contributed by atoms with Crippen molar-refractivity contribution in [2.24, 2.45) is 0 Å². The van der Waals surface area contributed by atoms with E-state index in [0.717, 1.165) is 39.4 Å². The minimum atomic E-state index is -3.90. The van der Waals surface area contributed by atoms with Gasteiger partial charge in [0.2, 0.25) is 21.8 Å². The average molecular weight is 550 g/mol. The molecule has 0 spiro atoms. The zero-order valence-corrected chi connectivity index (χ0v) is 24.1. The lowest BCUT2D eigenvalue weighted by Crippen LogP contribution is -2.53. The molecule has 8 heteroatoms. The summed E-state index contributed by atoms with van der Waals surface area (Å²) >= 11 is 0. The van der Waals surface area contributed by atoms with E-state index in [2.05, 4.69) is 5.32 Å². The van der Waals surface area contributed by atoms with Gasteiger partial charge in [-0.2, -0.15) is 4.31 Å². The third-order valence-corrected chi connectivity index (χ3v) is 8.44. The van der Waals surface area contributed by atoms with Crippen LogP contribution in [0.15, 0.2) is 83.8 Å². The van der Waals surface area contributed by atoms with E-state index in [1.165, 1.54) is 24.1 Å².